The van der Waals surface area contributed by atoms with Crippen LogP contribution < -0.4 is 11.1 Å². The Bertz CT molecular complexity index is 749. The summed E-state index contributed by atoms with van der Waals surface area (Å²) in [5.41, 5.74) is 6.47. The van der Waals surface area contributed by atoms with Crippen molar-refractivity contribution in [3.63, 3.8) is 0 Å². The minimum absolute atomic E-state index is 0.0961. The molecule has 0 heterocycles. The fourth-order valence-electron chi connectivity index (χ4n) is 2.65. The Hall–Kier alpha value is -2.34. The monoisotopic (exact) mass is 350 g/mol. The van der Waals surface area contributed by atoms with Gasteiger partial charge in [-0.05, 0) is 68.1 Å². The van der Waals surface area contributed by atoms with E-state index in [4.69, 9.17) is 5.73 Å². The maximum Gasteiger partial charge on any atom is 0.251 e. The largest absolute Gasteiger partial charge is 0.366 e. The molecule has 2 rings (SSSR count). The second kappa shape index (κ2) is 8.67. The number of hydrogen-bond acceptors (Lipinski definition) is 2. The Kier molecular flexibility index (Phi) is 6.58. The smallest absolute Gasteiger partial charge is 0.251 e. The maximum atomic E-state index is 13.7. The summed E-state index contributed by atoms with van der Waals surface area (Å²) < 4.78 is 39.7. The summed E-state index contributed by atoms with van der Waals surface area (Å²) >= 11 is 0. The van der Waals surface area contributed by atoms with Gasteiger partial charge >= 0.3 is 0 Å². The molecule has 0 aliphatic rings. The lowest BCUT2D eigenvalue weighted by Gasteiger charge is -2.14. The van der Waals surface area contributed by atoms with E-state index in [2.05, 4.69) is 5.32 Å². The van der Waals surface area contributed by atoms with E-state index in [0.29, 0.717) is 19.4 Å². The van der Waals surface area contributed by atoms with Gasteiger partial charge < -0.3 is 11.1 Å². The van der Waals surface area contributed by atoms with E-state index in [-0.39, 0.29) is 11.6 Å². The van der Waals surface area contributed by atoms with Crippen molar-refractivity contribution in [3.05, 3.63) is 70.5 Å². The molecule has 2 aromatic rings. The highest BCUT2D eigenvalue weighted by molar-refractivity contribution is 5.93. The van der Waals surface area contributed by atoms with E-state index in [1.54, 1.807) is 12.1 Å². The molecule has 0 aliphatic heterocycles. The van der Waals surface area contributed by atoms with Crippen molar-refractivity contribution in [2.45, 2.75) is 32.2 Å². The van der Waals surface area contributed by atoms with Crippen LogP contribution in [0.15, 0.2) is 36.4 Å². The van der Waals surface area contributed by atoms with Gasteiger partial charge in [0.1, 0.15) is 5.82 Å². The molecule has 0 bridgehead atoms. The van der Waals surface area contributed by atoms with Crippen LogP contribution in [-0.4, -0.2) is 18.5 Å². The summed E-state index contributed by atoms with van der Waals surface area (Å²) in [5.74, 6) is -3.08. The number of nitrogens with two attached hydrogens (primary N) is 1. The molecule has 0 saturated carbocycles. The lowest BCUT2D eigenvalue weighted by Crippen LogP contribution is -2.29. The minimum Gasteiger partial charge on any atom is -0.366 e. The summed E-state index contributed by atoms with van der Waals surface area (Å²) in [6.07, 6.45) is 2.01. The molecule has 134 valence electrons. The van der Waals surface area contributed by atoms with E-state index < -0.39 is 23.4 Å². The summed E-state index contributed by atoms with van der Waals surface area (Å²) in [4.78, 5) is 11.0. The van der Waals surface area contributed by atoms with Gasteiger partial charge in [-0.1, -0.05) is 12.1 Å². The zero-order valence-corrected chi connectivity index (χ0v) is 14.0. The molecular weight excluding hydrogens is 329 g/mol. The second-order valence-corrected chi connectivity index (χ2v) is 6.09. The molecule has 6 heteroatoms. The fraction of sp³-hybridized carbons (Fsp3) is 0.316. The first-order valence-corrected chi connectivity index (χ1v) is 8.12. The van der Waals surface area contributed by atoms with Gasteiger partial charge in [0.25, 0.3) is 5.91 Å². The highest BCUT2D eigenvalue weighted by Gasteiger charge is 2.09. The Balaban J connectivity index is 1.76. The van der Waals surface area contributed by atoms with Crippen LogP contribution in [0.5, 0.6) is 0 Å². The van der Waals surface area contributed by atoms with E-state index in [1.807, 2.05) is 6.92 Å². The van der Waals surface area contributed by atoms with Crippen molar-refractivity contribution in [2.24, 2.45) is 5.73 Å². The van der Waals surface area contributed by atoms with Crippen LogP contribution >= 0.6 is 0 Å². The second-order valence-electron chi connectivity index (χ2n) is 6.09. The molecule has 3 N–H and O–H groups in total. The molecule has 1 amide bonds. The van der Waals surface area contributed by atoms with E-state index in [9.17, 15) is 18.0 Å². The number of nitrogens with one attached hydrogen (secondary N) is 1. The number of carbonyl (C=O) groups is 1. The normalized spacial score (nSPS) is 12.2. The van der Waals surface area contributed by atoms with Crippen LogP contribution in [0.2, 0.25) is 0 Å². The fourth-order valence-corrected chi connectivity index (χ4v) is 2.65. The first-order valence-electron chi connectivity index (χ1n) is 8.12. The molecule has 0 saturated heterocycles. The predicted octanol–water partition coefficient (Wildman–Crippen LogP) is 3.36. The summed E-state index contributed by atoms with van der Waals surface area (Å²) in [7, 11) is 0. The van der Waals surface area contributed by atoms with Gasteiger partial charge in [-0.25, -0.2) is 13.2 Å². The van der Waals surface area contributed by atoms with Crippen molar-refractivity contribution in [1.29, 1.82) is 0 Å². The lowest BCUT2D eigenvalue weighted by molar-refractivity contribution is 0.0996. The zero-order chi connectivity index (χ0) is 18.4. The van der Waals surface area contributed by atoms with Crippen LogP contribution in [-0.2, 0) is 12.8 Å². The summed E-state index contributed by atoms with van der Waals surface area (Å²) in [6, 6.07) is 8.40. The van der Waals surface area contributed by atoms with Crippen LogP contribution in [0.4, 0.5) is 13.2 Å². The lowest BCUT2D eigenvalue weighted by atomic mass is 10.1. The number of amides is 1. The number of hydrogen-bond donors (Lipinski definition) is 2. The maximum absolute atomic E-state index is 13.7. The number of primary amides is 1. The molecular formula is C19H21F3N2O. The van der Waals surface area contributed by atoms with Crippen LogP contribution in [0.25, 0.3) is 0 Å². The molecule has 25 heavy (non-hydrogen) atoms. The Morgan fingerprint density at radius 2 is 1.72 bits per heavy atom. The van der Waals surface area contributed by atoms with Crippen molar-refractivity contribution in [3.8, 4) is 0 Å². The topological polar surface area (TPSA) is 55.1 Å². The van der Waals surface area contributed by atoms with Gasteiger partial charge in [-0.3, -0.25) is 4.79 Å². The molecule has 1 atom stereocenters. The third-order valence-electron chi connectivity index (χ3n) is 3.96. The van der Waals surface area contributed by atoms with E-state index in [1.165, 1.54) is 18.2 Å². The van der Waals surface area contributed by atoms with E-state index in [0.717, 1.165) is 23.6 Å². The van der Waals surface area contributed by atoms with Crippen molar-refractivity contribution in [1.82, 2.24) is 5.32 Å². The van der Waals surface area contributed by atoms with Crippen molar-refractivity contribution >= 4 is 5.91 Å². The van der Waals surface area contributed by atoms with E-state index >= 15 is 0 Å². The molecule has 0 aliphatic carbocycles. The average Bonchev–Trinajstić information content (AvgIpc) is 2.55. The molecule has 2 aromatic carbocycles. The van der Waals surface area contributed by atoms with Gasteiger partial charge in [-0.15, -0.1) is 0 Å². The number of halogens is 3. The standard InChI is InChI=1S/C19H21F3N2O/c1-12(9-14-5-7-16(20)18(22)11-14)24-8-2-3-13-4-6-15(19(23)25)17(21)10-13/h4-7,10-12,24H,2-3,8-9H2,1H3,(H2,23,25). The molecule has 0 radical (unpaired) electrons. The number of benzene rings is 2. The number of carbonyl (C=O) groups excluding carboxylic acids is 1. The van der Waals surface area contributed by atoms with Crippen LogP contribution in [0, 0.1) is 17.5 Å². The molecule has 1 unspecified atom stereocenters. The van der Waals surface area contributed by atoms with Gasteiger partial charge in [-0.2, -0.15) is 0 Å². The predicted molar refractivity (Wildman–Crippen MR) is 90.8 cm³/mol. The first-order chi connectivity index (χ1) is 11.9. The number of rotatable bonds is 8. The first kappa shape index (κ1) is 19.0. The van der Waals surface area contributed by atoms with Crippen LogP contribution in [0.1, 0.15) is 34.8 Å². The summed E-state index contributed by atoms with van der Waals surface area (Å²) in [5, 5.41) is 3.30. The average molecular weight is 350 g/mol. The third-order valence-corrected chi connectivity index (χ3v) is 3.96. The van der Waals surface area contributed by atoms with Crippen molar-refractivity contribution < 1.29 is 18.0 Å². The van der Waals surface area contributed by atoms with Gasteiger partial charge in [0.15, 0.2) is 11.6 Å². The number of aryl methyl sites for hydroxylation is 1. The van der Waals surface area contributed by atoms with Gasteiger partial charge in [0, 0.05) is 6.04 Å². The van der Waals surface area contributed by atoms with Gasteiger partial charge in [0.05, 0.1) is 5.56 Å². The van der Waals surface area contributed by atoms with Crippen LogP contribution in [0.3, 0.4) is 0 Å². The molecule has 0 fully saturated rings. The summed E-state index contributed by atoms with van der Waals surface area (Å²) in [6.45, 7) is 2.66. The molecule has 3 nitrogen and oxygen atoms in total. The zero-order valence-electron chi connectivity index (χ0n) is 14.0. The van der Waals surface area contributed by atoms with Gasteiger partial charge in [0.2, 0.25) is 0 Å². The minimum atomic E-state index is -0.848. The Morgan fingerprint density at radius 1 is 1.04 bits per heavy atom. The van der Waals surface area contributed by atoms with Crippen molar-refractivity contribution in [2.75, 3.05) is 6.54 Å². The molecule has 0 spiro atoms. The SMILES string of the molecule is CC(Cc1ccc(F)c(F)c1)NCCCc1ccc(C(N)=O)c(F)c1. The highest BCUT2D eigenvalue weighted by atomic mass is 19.2. The third kappa shape index (κ3) is 5.60. The Morgan fingerprint density at radius 3 is 2.36 bits per heavy atom. The highest BCUT2D eigenvalue weighted by Crippen LogP contribution is 2.12. The quantitative estimate of drug-likeness (QED) is 0.718. The molecule has 0 aromatic heterocycles. The Labute approximate surface area is 145 Å².